The van der Waals surface area contributed by atoms with Gasteiger partial charge in [-0.2, -0.15) is 5.10 Å². The molecule has 2 N–H and O–H groups in total. The molecule has 1 amide bonds. The number of nitrogens with one attached hydrogen (secondary N) is 1. The number of amides is 1. The summed E-state index contributed by atoms with van der Waals surface area (Å²) < 4.78 is 1.32. The molecule has 0 aliphatic heterocycles. The van der Waals surface area contributed by atoms with Crippen LogP contribution in [0, 0.1) is 6.92 Å². The lowest BCUT2D eigenvalue weighted by Crippen LogP contribution is -2.29. The second-order valence-corrected chi connectivity index (χ2v) is 5.22. The van der Waals surface area contributed by atoms with Gasteiger partial charge in [-0.3, -0.25) is 9.48 Å². The van der Waals surface area contributed by atoms with Gasteiger partial charge in [-0.1, -0.05) is 36.8 Å². The van der Waals surface area contributed by atoms with Gasteiger partial charge in [0.1, 0.15) is 5.56 Å². The molecule has 0 aliphatic carbocycles. The van der Waals surface area contributed by atoms with Crippen molar-refractivity contribution in [3.63, 3.8) is 0 Å². The maximum absolute atomic E-state index is 12.3. The van der Waals surface area contributed by atoms with Crippen molar-refractivity contribution in [1.82, 2.24) is 15.1 Å². The lowest BCUT2D eigenvalue weighted by Gasteiger charge is -2.17. The third-order valence-electron chi connectivity index (χ3n) is 3.47. The highest BCUT2D eigenvalue weighted by Crippen LogP contribution is 2.18. The van der Waals surface area contributed by atoms with Crippen molar-refractivity contribution in [3.05, 3.63) is 52.8 Å². The Morgan fingerprint density at radius 3 is 2.50 bits per heavy atom. The molecule has 1 heterocycles. The smallest absolute Gasteiger partial charge is 0.339 e. The summed E-state index contributed by atoms with van der Waals surface area (Å²) in [5, 5.41) is 15.9. The molecule has 0 spiro atoms. The van der Waals surface area contributed by atoms with E-state index in [9.17, 15) is 9.59 Å². The summed E-state index contributed by atoms with van der Waals surface area (Å²) in [4.78, 5) is 23.5. The third-order valence-corrected chi connectivity index (χ3v) is 3.47. The van der Waals surface area contributed by atoms with E-state index < -0.39 is 11.9 Å². The Bertz CT molecular complexity index is 689. The van der Waals surface area contributed by atoms with Gasteiger partial charge < -0.3 is 10.4 Å². The van der Waals surface area contributed by atoms with Crippen LogP contribution in [0.5, 0.6) is 0 Å². The van der Waals surface area contributed by atoms with Crippen LogP contribution in [0.25, 0.3) is 0 Å². The molecule has 0 aliphatic rings. The van der Waals surface area contributed by atoms with E-state index >= 15 is 0 Å². The minimum Gasteiger partial charge on any atom is -0.478 e. The monoisotopic (exact) mass is 301 g/mol. The Morgan fingerprint density at radius 1 is 1.32 bits per heavy atom. The zero-order chi connectivity index (χ0) is 16.3. The molecule has 0 saturated carbocycles. The molecule has 116 valence electrons. The van der Waals surface area contributed by atoms with E-state index in [1.165, 1.54) is 10.9 Å². The first kappa shape index (κ1) is 15.8. The lowest BCUT2D eigenvalue weighted by atomic mass is 10.0. The van der Waals surface area contributed by atoms with Crippen molar-refractivity contribution in [3.8, 4) is 0 Å². The summed E-state index contributed by atoms with van der Waals surface area (Å²) >= 11 is 0. The van der Waals surface area contributed by atoms with E-state index in [1.54, 1.807) is 7.05 Å². The van der Waals surface area contributed by atoms with Gasteiger partial charge in [0.25, 0.3) is 5.91 Å². The number of aromatic nitrogens is 2. The molecule has 1 aromatic carbocycles. The van der Waals surface area contributed by atoms with Gasteiger partial charge in [0.15, 0.2) is 5.69 Å². The van der Waals surface area contributed by atoms with Crippen LogP contribution in [0.15, 0.2) is 30.5 Å². The number of carboxylic acids is 1. The first-order chi connectivity index (χ1) is 10.4. The number of hydrogen-bond acceptors (Lipinski definition) is 3. The van der Waals surface area contributed by atoms with Crippen molar-refractivity contribution in [2.75, 3.05) is 0 Å². The van der Waals surface area contributed by atoms with Gasteiger partial charge >= 0.3 is 5.97 Å². The molecular formula is C16H19N3O3. The van der Waals surface area contributed by atoms with Crippen LogP contribution in [0.3, 0.4) is 0 Å². The summed E-state index contributed by atoms with van der Waals surface area (Å²) in [7, 11) is 1.58. The summed E-state index contributed by atoms with van der Waals surface area (Å²) in [5.74, 6) is -1.65. The molecule has 2 rings (SSSR count). The molecule has 0 saturated heterocycles. The predicted molar refractivity (Wildman–Crippen MR) is 81.8 cm³/mol. The first-order valence-electron chi connectivity index (χ1n) is 7.06. The maximum atomic E-state index is 12.3. The van der Waals surface area contributed by atoms with Crippen molar-refractivity contribution in [2.24, 2.45) is 7.05 Å². The first-order valence-corrected chi connectivity index (χ1v) is 7.06. The van der Waals surface area contributed by atoms with Gasteiger partial charge in [0, 0.05) is 13.2 Å². The highest BCUT2D eigenvalue weighted by Gasteiger charge is 2.23. The Labute approximate surface area is 128 Å². The molecule has 0 unspecified atom stereocenters. The lowest BCUT2D eigenvalue weighted by molar-refractivity contribution is 0.0690. The Morgan fingerprint density at radius 2 is 1.95 bits per heavy atom. The number of aromatic carboxylic acids is 1. The molecular weight excluding hydrogens is 282 g/mol. The zero-order valence-corrected chi connectivity index (χ0v) is 12.8. The number of rotatable bonds is 5. The SMILES string of the molecule is CC[C@@H](NC(=O)c1nn(C)cc1C(=O)O)c1ccc(C)cc1. The van der Waals surface area contributed by atoms with Gasteiger partial charge in [-0.15, -0.1) is 0 Å². The van der Waals surface area contributed by atoms with Crippen LogP contribution < -0.4 is 5.32 Å². The number of carbonyl (C=O) groups is 2. The van der Waals surface area contributed by atoms with E-state index in [-0.39, 0.29) is 17.3 Å². The highest BCUT2D eigenvalue weighted by molar-refractivity contribution is 6.03. The van der Waals surface area contributed by atoms with Crippen molar-refractivity contribution >= 4 is 11.9 Å². The van der Waals surface area contributed by atoms with Crippen LogP contribution >= 0.6 is 0 Å². The number of nitrogens with zero attached hydrogens (tertiary/aromatic N) is 2. The molecule has 0 bridgehead atoms. The molecule has 6 heteroatoms. The van der Waals surface area contributed by atoms with Crippen molar-refractivity contribution < 1.29 is 14.7 Å². The number of hydrogen-bond donors (Lipinski definition) is 2. The van der Waals surface area contributed by atoms with E-state index in [0.29, 0.717) is 6.42 Å². The van der Waals surface area contributed by atoms with E-state index in [4.69, 9.17) is 5.11 Å². The molecule has 2 aromatic rings. The number of aryl methyl sites for hydroxylation is 2. The van der Waals surface area contributed by atoms with Gasteiger partial charge in [-0.05, 0) is 18.9 Å². The molecule has 0 radical (unpaired) electrons. The van der Waals surface area contributed by atoms with Crippen LogP contribution in [-0.2, 0) is 7.05 Å². The molecule has 1 aromatic heterocycles. The van der Waals surface area contributed by atoms with Crippen LogP contribution in [0.4, 0.5) is 0 Å². The molecule has 0 fully saturated rings. The Hall–Kier alpha value is -2.63. The average Bonchev–Trinajstić information content (AvgIpc) is 2.88. The summed E-state index contributed by atoms with van der Waals surface area (Å²) in [6, 6.07) is 7.69. The zero-order valence-electron chi connectivity index (χ0n) is 12.8. The predicted octanol–water partition coefficient (Wildman–Crippen LogP) is 2.31. The van der Waals surface area contributed by atoms with Crippen LogP contribution in [0.2, 0.25) is 0 Å². The fourth-order valence-corrected chi connectivity index (χ4v) is 2.26. The van der Waals surface area contributed by atoms with Gasteiger partial charge in [-0.25, -0.2) is 4.79 Å². The van der Waals surface area contributed by atoms with Crippen molar-refractivity contribution in [2.45, 2.75) is 26.3 Å². The van der Waals surface area contributed by atoms with E-state index in [1.807, 2.05) is 38.1 Å². The van der Waals surface area contributed by atoms with Gasteiger partial charge in [0.2, 0.25) is 0 Å². The van der Waals surface area contributed by atoms with Crippen LogP contribution in [0.1, 0.15) is 51.4 Å². The number of benzene rings is 1. The molecule has 1 atom stereocenters. The molecule has 6 nitrogen and oxygen atoms in total. The summed E-state index contributed by atoms with van der Waals surface area (Å²) in [6.45, 7) is 3.96. The van der Waals surface area contributed by atoms with E-state index in [2.05, 4.69) is 10.4 Å². The topological polar surface area (TPSA) is 84.2 Å². The Kier molecular flexibility index (Phi) is 4.60. The minimum absolute atomic E-state index is 0.0689. The standard InChI is InChI=1S/C16H19N3O3/c1-4-13(11-7-5-10(2)6-8-11)17-15(20)14-12(16(21)22)9-19(3)18-14/h5-9,13H,4H2,1-3H3,(H,17,20)(H,21,22)/t13-/m1/s1. The van der Waals surface area contributed by atoms with Crippen molar-refractivity contribution in [1.29, 1.82) is 0 Å². The van der Waals surface area contributed by atoms with Crippen LogP contribution in [-0.4, -0.2) is 26.8 Å². The number of carbonyl (C=O) groups excluding carboxylic acids is 1. The second-order valence-electron chi connectivity index (χ2n) is 5.22. The summed E-state index contributed by atoms with van der Waals surface area (Å²) in [6.07, 6.45) is 2.02. The fraction of sp³-hybridized carbons (Fsp3) is 0.312. The molecule has 22 heavy (non-hydrogen) atoms. The van der Waals surface area contributed by atoms with E-state index in [0.717, 1.165) is 11.1 Å². The number of carboxylic acid groups (broad SMARTS) is 1. The highest BCUT2D eigenvalue weighted by atomic mass is 16.4. The Balaban J connectivity index is 2.23. The second kappa shape index (κ2) is 6.43. The maximum Gasteiger partial charge on any atom is 0.339 e. The summed E-state index contributed by atoms with van der Waals surface area (Å²) in [5.41, 5.74) is 1.95. The fourth-order valence-electron chi connectivity index (χ4n) is 2.26. The largest absolute Gasteiger partial charge is 0.478 e. The normalized spacial score (nSPS) is 12.0. The van der Waals surface area contributed by atoms with Gasteiger partial charge in [0.05, 0.1) is 6.04 Å². The average molecular weight is 301 g/mol. The minimum atomic E-state index is -1.17. The third kappa shape index (κ3) is 3.33. The quantitative estimate of drug-likeness (QED) is 0.887.